The number of aliphatic imine (C=N–C) groups is 1. The minimum absolute atomic E-state index is 0.191. The largest absolute Gasteiger partial charge is 0.450 e. The van der Waals surface area contributed by atoms with Crippen LogP contribution in [-0.2, 0) is 10.2 Å². The second-order valence-corrected chi connectivity index (χ2v) is 7.80. The number of carbonyl (C=O) groups is 1. The van der Waals surface area contributed by atoms with Crippen LogP contribution in [0.25, 0.3) is 0 Å². The summed E-state index contributed by atoms with van der Waals surface area (Å²) in [5.74, 6) is 0.888. The number of piperidine rings is 1. The van der Waals surface area contributed by atoms with E-state index in [1.807, 2.05) is 6.92 Å². The molecule has 1 saturated heterocycles. The summed E-state index contributed by atoms with van der Waals surface area (Å²) in [7, 11) is 0. The monoisotopic (exact) mass is 386 g/mol. The van der Waals surface area contributed by atoms with Crippen LogP contribution in [0.3, 0.4) is 0 Å². The van der Waals surface area contributed by atoms with Gasteiger partial charge in [0.25, 0.3) is 0 Å². The van der Waals surface area contributed by atoms with E-state index in [1.54, 1.807) is 4.90 Å². The second kappa shape index (κ2) is 9.80. The van der Waals surface area contributed by atoms with Crippen molar-refractivity contribution in [2.75, 3.05) is 32.8 Å². The zero-order valence-corrected chi connectivity index (χ0v) is 17.2. The van der Waals surface area contributed by atoms with Crippen molar-refractivity contribution in [3.63, 3.8) is 0 Å². The zero-order valence-electron chi connectivity index (χ0n) is 17.2. The molecule has 0 unspecified atom stereocenters. The molecule has 2 N–H and O–H groups in total. The Morgan fingerprint density at radius 2 is 1.93 bits per heavy atom. The van der Waals surface area contributed by atoms with Crippen LogP contribution in [0.15, 0.2) is 35.3 Å². The van der Waals surface area contributed by atoms with Gasteiger partial charge in [0.2, 0.25) is 0 Å². The molecular formula is C22H34N4O2. The quantitative estimate of drug-likeness (QED) is 0.582. The van der Waals surface area contributed by atoms with Crippen LogP contribution < -0.4 is 10.6 Å². The second-order valence-electron chi connectivity index (χ2n) is 7.80. The zero-order chi connectivity index (χ0) is 19.8. The highest BCUT2D eigenvalue weighted by Gasteiger charge is 2.38. The third-order valence-electron chi connectivity index (χ3n) is 5.94. The SMILES string of the molecule is CCNC(=NCC1(c2ccccc2)CCC1)NC1CCN(C(=O)OCC)CC1. The number of carbonyl (C=O) groups excluding carboxylic acids is 1. The summed E-state index contributed by atoms with van der Waals surface area (Å²) in [5.41, 5.74) is 1.60. The van der Waals surface area contributed by atoms with E-state index in [9.17, 15) is 4.79 Å². The lowest BCUT2D eigenvalue weighted by Gasteiger charge is -2.41. The van der Waals surface area contributed by atoms with Crippen molar-refractivity contribution >= 4 is 12.1 Å². The molecule has 0 spiro atoms. The van der Waals surface area contributed by atoms with E-state index in [0.29, 0.717) is 12.6 Å². The molecule has 1 aromatic rings. The molecule has 6 nitrogen and oxygen atoms in total. The Morgan fingerprint density at radius 3 is 2.50 bits per heavy atom. The van der Waals surface area contributed by atoms with Gasteiger partial charge in [-0.3, -0.25) is 4.99 Å². The Balaban J connectivity index is 1.57. The third kappa shape index (κ3) is 4.97. The molecule has 0 aromatic heterocycles. The highest BCUT2D eigenvalue weighted by molar-refractivity contribution is 5.80. The van der Waals surface area contributed by atoms with Gasteiger partial charge in [-0.1, -0.05) is 36.8 Å². The molecule has 0 atom stereocenters. The number of amides is 1. The Morgan fingerprint density at radius 1 is 1.21 bits per heavy atom. The predicted octanol–water partition coefficient (Wildman–Crippen LogP) is 3.28. The highest BCUT2D eigenvalue weighted by Crippen LogP contribution is 2.43. The summed E-state index contributed by atoms with van der Waals surface area (Å²) in [4.78, 5) is 18.6. The van der Waals surface area contributed by atoms with Crippen LogP contribution in [-0.4, -0.2) is 55.8 Å². The van der Waals surface area contributed by atoms with E-state index >= 15 is 0 Å². The number of nitrogens with one attached hydrogen (secondary N) is 2. The van der Waals surface area contributed by atoms with E-state index in [2.05, 4.69) is 47.9 Å². The first kappa shape index (κ1) is 20.5. The lowest BCUT2D eigenvalue weighted by Crippen LogP contribution is -2.50. The van der Waals surface area contributed by atoms with Crippen molar-refractivity contribution in [2.24, 2.45) is 4.99 Å². The number of benzene rings is 1. The molecule has 1 heterocycles. The van der Waals surface area contributed by atoms with Crippen molar-refractivity contribution in [3.05, 3.63) is 35.9 Å². The van der Waals surface area contributed by atoms with Gasteiger partial charge in [0.15, 0.2) is 5.96 Å². The first-order chi connectivity index (χ1) is 13.7. The van der Waals surface area contributed by atoms with Crippen molar-refractivity contribution in [1.82, 2.24) is 15.5 Å². The van der Waals surface area contributed by atoms with Gasteiger partial charge in [-0.25, -0.2) is 4.79 Å². The average Bonchev–Trinajstić information content (AvgIpc) is 2.69. The van der Waals surface area contributed by atoms with Gasteiger partial charge in [0.1, 0.15) is 0 Å². The molecule has 2 fully saturated rings. The summed E-state index contributed by atoms with van der Waals surface area (Å²) >= 11 is 0. The fourth-order valence-electron chi connectivity index (χ4n) is 4.10. The summed E-state index contributed by atoms with van der Waals surface area (Å²) < 4.78 is 5.10. The van der Waals surface area contributed by atoms with Crippen LogP contribution in [0.2, 0.25) is 0 Å². The molecule has 28 heavy (non-hydrogen) atoms. The van der Waals surface area contributed by atoms with Gasteiger partial charge >= 0.3 is 6.09 Å². The average molecular weight is 387 g/mol. The molecule has 6 heteroatoms. The van der Waals surface area contributed by atoms with E-state index in [4.69, 9.17) is 9.73 Å². The molecule has 2 aliphatic rings. The number of rotatable bonds is 6. The maximum Gasteiger partial charge on any atom is 0.409 e. The van der Waals surface area contributed by atoms with Crippen LogP contribution >= 0.6 is 0 Å². The molecule has 154 valence electrons. The maximum atomic E-state index is 11.9. The minimum Gasteiger partial charge on any atom is -0.450 e. The summed E-state index contributed by atoms with van der Waals surface area (Å²) in [5, 5.41) is 6.97. The van der Waals surface area contributed by atoms with E-state index in [0.717, 1.165) is 45.0 Å². The highest BCUT2D eigenvalue weighted by atomic mass is 16.6. The molecule has 1 aliphatic heterocycles. The molecule has 3 rings (SSSR count). The summed E-state index contributed by atoms with van der Waals surface area (Å²) in [6.45, 7) is 7.47. The van der Waals surface area contributed by atoms with E-state index in [-0.39, 0.29) is 11.5 Å². The van der Waals surface area contributed by atoms with Gasteiger partial charge in [0, 0.05) is 31.1 Å². The number of hydrogen-bond donors (Lipinski definition) is 2. The Kier molecular flexibility index (Phi) is 7.18. The van der Waals surface area contributed by atoms with Gasteiger partial charge in [-0.2, -0.15) is 0 Å². The van der Waals surface area contributed by atoms with E-state index < -0.39 is 0 Å². The fourth-order valence-corrected chi connectivity index (χ4v) is 4.10. The molecule has 1 saturated carbocycles. The molecule has 1 aromatic carbocycles. The van der Waals surface area contributed by atoms with Crippen molar-refractivity contribution in [2.45, 2.75) is 57.4 Å². The number of guanidine groups is 1. The molecule has 1 amide bonds. The van der Waals surface area contributed by atoms with Crippen molar-refractivity contribution in [1.29, 1.82) is 0 Å². The molecular weight excluding hydrogens is 352 g/mol. The first-order valence-electron chi connectivity index (χ1n) is 10.7. The number of ether oxygens (including phenoxy) is 1. The Hall–Kier alpha value is -2.24. The third-order valence-corrected chi connectivity index (χ3v) is 5.94. The first-order valence-corrected chi connectivity index (χ1v) is 10.7. The summed E-state index contributed by atoms with van der Waals surface area (Å²) in [6, 6.07) is 11.1. The van der Waals surface area contributed by atoms with Crippen LogP contribution in [0.5, 0.6) is 0 Å². The Labute approximate surface area is 168 Å². The standard InChI is InChI=1S/C22H34N4O2/c1-3-23-20(25-19-11-15-26(16-12-19)21(27)28-4-2)24-17-22(13-8-14-22)18-9-6-5-7-10-18/h5-7,9-10,19H,3-4,8,11-17H2,1-2H3,(H2,23,24,25). The fraction of sp³-hybridized carbons (Fsp3) is 0.636. The van der Waals surface area contributed by atoms with Gasteiger partial charge in [-0.05, 0) is 45.1 Å². The van der Waals surface area contributed by atoms with Gasteiger partial charge < -0.3 is 20.3 Å². The predicted molar refractivity (Wildman–Crippen MR) is 113 cm³/mol. The van der Waals surface area contributed by atoms with Crippen LogP contribution in [0.1, 0.15) is 51.5 Å². The normalized spacial score (nSPS) is 19.6. The summed E-state index contributed by atoms with van der Waals surface area (Å²) in [6.07, 6.45) is 5.31. The smallest absolute Gasteiger partial charge is 0.409 e. The van der Waals surface area contributed by atoms with E-state index in [1.165, 1.54) is 24.8 Å². The van der Waals surface area contributed by atoms with Crippen molar-refractivity contribution < 1.29 is 9.53 Å². The number of likely N-dealkylation sites (tertiary alicyclic amines) is 1. The van der Waals surface area contributed by atoms with Crippen LogP contribution in [0.4, 0.5) is 4.79 Å². The molecule has 0 bridgehead atoms. The Bertz CT molecular complexity index is 650. The minimum atomic E-state index is -0.198. The maximum absolute atomic E-state index is 11.9. The van der Waals surface area contributed by atoms with Gasteiger partial charge in [-0.15, -0.1) is 0 Å². The van der Waals surface area contributed by atoms with Crippen LogP contribution in [0, 0.1) is 0 Å². The molecule has 1 aliphatic carbocycles. The van der Waals surface area contributed by atoms with Crippen molar-refractivity contribution in [3.8, 4) is 0 Å². The van der Waals surface area contributed by atoms with Gasteiger partial charge in [0.05, 0.1) is 13.2 Å². The lowest BCUT2D eigenvalue weighted by atomic mass is 9.64. The lowest BCUT2D eigenvalue weighted by molar-refractivity contribution is 0.0963. The number of hydrogen-bond acceptors (Lipinski definition) is 3. The topological polar surface area (TPSA) is 66.0 Å². The number of nitrogens with zero attached hydrogens (tertiary/aromatic N) is 2. The molecule has 0 radical (unpaired) electrons.